The Morgan fingerprint density at radius 1 is 1.33 bits per heavy atom. The van der Waals surface area contributed by atoms with Crippen molar-refractivity contribution in [2.45, 2.75) is 49.3 Å². The van der Waals surface area contributed by atoms with Gasteiger partial charge in [0.2, 0.25) is 10.0 Å². The highest BCUT2D eigenvalue weighted by Gasteiger charge is 2.51. The maximum absolute atomic E-state index is 13.0. The molecule has 1 aromatic carbocycles. The summed E-state index contributed by atoms with van der Waals surface area (Å²) in [5, 5.41) is 0. The molecule has 2 aliphatic rings. The highest BCUT2D eigenvalue weighted by atomic mass is 32.2. The second-order valence-corrected chi connectivity index (χ2v) is 7.65. The second kappa shape index (κ2) is 5.73. The van der Waals surface area contributed by atoms with Gasteiger partial charge in [0, 0.05) is 6.04 Å². The maximum atomic E-state index is 13.0. The van der Waals surface area contributed by atoms with Crippen LogP contribution in [0.4, 0.5) is 13.2 Å². The highest BCUT2D eigenvalue weighted by molar-refractivity contribution is 7.89. The van der Waals surface area contributed by atoms with Crippen LogP contribution in [0, 0.1) is 0 Å². The van der Waals surface area contributed by atoms with Crippen molar-refractivity contribution in [3.8, 4) is 0 Å². The third kappa shape index (κ3) is 2.90. The van der Waals surface area contributed by atoms with Gasteiger partial charge in [-0.1, -0.05) is 0 Å². The summed E-state index contributed by atoms with van der Waals surface area (Å²) in [6.45, 7) is 1.73. The van der Waals surface area contributed by atoms with Gasteiger partial charge in [0.25, 0.3) is 0 Å². The topological polar surface area (TPSA) is 63.7 Å². The van der Waals surface area contributed by atoms with Crippen LogP contribution in [0.25, 0.3) is 0 Å². The van der Waals surface area contributed by atoms with Crippen molar-refractivity contribution in [2.24, 2.45) is 0 Å². The number of alkyl halides is 3. The van der Waals surface area contributed by atoms with Crippen LogP contribution in [0.1, 0.15) is 43.4 Å². The third-order valence-corrected chi connectivity index (χ3v) is 6.17. The van der Waals surface area contributed by atoms with Crippen LogP contribution < -0.4 is 0 Å². The van der Waals surface area contributed by atoms with E-state index in [0.29, 0.717) is 12.8 Å². The fourth-order valence-corrected chi connectivity index (χ4v) is 5.08. The van der Waals surface area contributed by atoms with Crippen molar-refractivity contribution in [1.82, 2.24) is 4.31 Å². The Hall–Kier alpha value is -1.61. The monoisotopic (exact) mass is 363 g/mol. The number of carbonyl (C=O) groups is 1. The van der Waals surface area contributed by atoms with Crippen LogP contribution in [0.2, 0.25) is 0 Å². The van der Waals surface area contributed by atoms with Gasteiger partial charge in [-0.2, -0.15) is 17.5 Å². The first-order chi connectivity index (χ1) is 11.2. The molecule has 0 saturated heterocycles. The molecule has 0 aromatic heterocycles. The van der Waals surface area contributed by atoms with Crippen molar-refractivity contribution in [3.63, 3.8) is 0 Å². The molecule has 9 heteroatoms. The molecular weight excluding hydrogens is 347 g/mol. The van der Waals surface area contributed by atoms with E-state index in [-0.39, 0.29) is 29.5 Å². The van der Waals surface area contributed by atoms with Crippen molar-refractivity contribution >= 4 is 16.0 Å². The Bertz CT molecular complexity index is 771. The number of benzene rings is 1. The normalized spacial score (nSPS) is 23.1. The smallest absolute Gasteiger partial charge is 0.416 e. The zero-order valence-electron chi connectivity index (χ0n) is 12.8. The SMILES string of the molecule is CCOC(=O)C[C@H]1c2cc(C(F)(F)F)ccc2S(=O)(=O)N1C1CC1. The highest BCUT2D eigenvalue weighted by Crippen LogP contribution is 2.49. The predicted molar refractivity (Wildman–Crippen MR) is 77.5 cm³/mol. The fraction of sp³-hybridized carbons (Fsp3) is 0.533. The lowest BCUT2D eigenvalue weighted by Gasteiger charge is -2.22. The van der Waals surface area contributed by atoms with Crippen LogP contribution in [0.5, 0.6) is 0 Å². The first-order valence-electron chi connectivity index (χ1n) is 7.56. The number of sulfonamides is 1. The van der Waals surface area contributed by atoms with E-state index in [2.05, 4.69) is 0 Å². The molecule has 1 saturated carbocycles. The van der Waals surface area contributed by atoms with E-state index in [9.17, 15) is 26.4 Å². The van der Waals surface area contributed by atoms with Gasteiger partial charge < -0.3 is 4.74 Å². The van der Waals surface area contributed by atoms with E-state index < -0.39 is 33.8 Å². The van der Waals surface area contributed by atoms with Gasteiger partial charge in [-0.15, -0.1) is 0 Å². The van der Waals surface area contributed by atoms with Gasteiger partial charge in [0.1, 0.15) is 0 Å². The van der Waals surface area contributed by atoms with Gasteiger partial charge in [-0.05, 0) is 43.5 Å². The Morgan fingerprint density at radius 3 is 2.54 bits per heavy atom. The van der Waals surface area contributed by atoms with Gasteiger partial charge in [-0.3, -0.25) is 4.79 Å². The van der Waals surface area contributed by atoms with Crippen molar-refractivity contribution in [1.29, 1.82) is 0 Å². The molecule has 1 atom stereocenters. The summed E-state index contributed by atoms with van der Waals surface area (Å²) in [7, 11) is -3.90. The van der Waals surface area contributed by atoms with Gasteiger partial charge in [-0.25, -0.2) is 8.42 Å². The van der Waals surface area contributed by atoms with E-state index in [0.717, 1.165) is 18.2 Å². The molecule has 24 heavy (non-hydrogen) atoms. The molecule has 1 fully saturated rings. The lowest BCUT2D eigenvalue weighted by Crippen LogP contribution is -2.32. The van der Waals surface area contributed by atoms with E-state index in [1.807, 2.05) is 0 Å². The molecule has 132 valence electrons. The number of halogens is 3. The molecule has 3 rings (SSSR count). The molecule has 1 heterocycles. The number of fused-ring (bicyclic) bond motifs is 1. The number of hydrogen-bond donors (Lipinski definition) is 0. The van der Waals surface area contributed by atoms with E-state index in [4.69, 9.17) is 4.74 Å². The molecule has 0 unspecified atom stereocenters. The van der Waals surface area contributed by atoms with Crippen LogP contribution >= 0.6 is 0 Å². The summed E-state index contributed by atoms with van der Waals surface area (Å²) in [4.78, 5) is 11.7. The Balaban J connectivity index is 2.07. The summed E-state index contributed by atoms with van der Waals surface area (Å²) >= 11 is 0. The summed E-state index contributed by atoms with van der Waals surface area (Å²) in [6, 6.07) is 1.36. The second-order valence-electron chi connectivity index (χ2n) is 5.84. The van der Waals surface area contributed by atoms with Crippen molar-refractivity contribution in [2.75, 3.05) is 6.61 Å². The first-order valence-corrected chi connectivity index (χ1v) is 9.00. The Kier molecular flexibility index (Phi) is 4.11. The van der Waals surface area contributed by atoms with Crippen molar-refractivity contribution < 1.29 is 31.1 Å². The third-order valence-electron chi connectivity index (χ3n) is 4.13. The molecular formula is C15H16F3NO4S. The fourth-order valence-electron chi connectivity index (χ4n) is 3.00. The Labute approximate surface area is 137 Å². The van der Waals surface area contributed by atoms with E-state index >= 15 is 0 Å². The van der Waals surface area contributed by atoms with Crippen LogP contribution in [-0.4, -0.2) is 31.3 Å². The molecule has 0 radical (unpaired) electrons. The quantitative estimate of drug-likeness (QED) is 0.772. The zero-order chi connectivity index (χ0) is 17.7. The zero-order valence-corrected chi connectivity index (χ0v) is 13.7. The number of carbonyl (C=O) groups excluding carboxylic acids is 1. The molecule has 0 N–H and O–H groups in total. The average molecular weight is 363 g/mol. The molecule has 5 nitrogen and oxygen atoms in total. The molecule has 0 bridgehead atoms. The number of hydrogen-bond acceptors (Lipinski definition) is 4. The van der Waals surface area contributed by atoms with Crippen LogP contribution in [0.15, 0.2) is 23.1 Å². The summed E-state index contributed by atoms with van der Waals surface area (Å²) in [6.07, 6.45) is -3.60. The van der Waals surface area contributed by atoms with Gasteiger partial charge >= 0.3 is 12.1 Å². The van der Waals surface area contributed by atoms with E-state index in [1.54, 1.807) is 6.92 Å². The first kappa shape index (κ1) is 17.2. The number of rotatable bonds is 4. The minimum absolute atomic E-state index is 0.0183. The van der Waals surface area contributed by atoms with Crippen LogP contribution in [-0.2, 0) is 25.7 Å². The summed E-state index contributed by atoms with van der Waals surface area (Å²) in [5.41, 5.74) is -0.910. The average Bonchev–Trinajstić information content (AvgIpc) is 3.26. The number of esters is 1. The van der Waals surface area contributed by atoms with Gasteiger partial charge in [0.05, 0.1) is 29.5 Å². The van der Waals surface area contributed by atoms with Crippen LogP contribution in [0.3, 0.4) is 0 Å². The lowest BCUT2D eigenvalue weighted by molar-refractivity contribution is -0.144. The minimum Gasteiger partial charge on any atom is -0.466 e. The Morgan fingerprint density at radius 2 is 2.00 bits per heavy atom. The number of ether oxygens (including phenoxy) is 1. The maximum Gasteiger partial charge on any atom is 0.416 e. The van der Waals surface area contributed by atoms with Gasteiger partial charge in [0.15, 0.2) is 0 Å². The largest absolute Gasteiger partial charge is 0.466 e. The predicted octanol–water partition coefficient (Wildman–Crippen LogP) is 2.87. The molecule has 1 aliphatic heterocycles. The van der Waals surface area contributed by atoms with E-state index in [1.165, 1.54) is 4.31 Å². The molecule has 1 aromatic rings. The molecule has 1 aliphatic carbocycles. The molecule has 0 spiro atoms. The minimum atomic E-state index is -4.58. The summed E-state index contributed by atoms with van der Waals surface area (Å²) in [5.74, 6) is -0.631. The lowest BCUT2D eigenvalue weighted by atomic mass is 10.0. The number of nitrogens with zero attached hydrogens (tertiary/aromatic N) is 1. The molecule has 0 amide bonds. The van der Waals surface area contributed by atoms with Crippen molar-refractivity contribution in [3.05, 3.63) is 29.3 Å². The summed E-state index contributed by atoms with van der Waals surface area (Å²) < 4.78 is 70.3. The standard InChI is InChI=1S/C15H16F3NO4S/c1-2-23-14(20)8-12-11-7-9(15(16,17)18)3-6-13(11)24(21,22)19(12)10-4-5-10/h3,6-7,10,12H,2,4-5,8H2,1H3/t12-/m0/s1.